The van der Waals surface area contributed by atoms with E-state index >= 15 is 0 Å². The number of aliphatic hydroxyl groups excluding tert-OH is 1. The quantitative estimate of drug-likeness (QED) is 0.0900. The minimum Gasteiger partial charge on any atom is -0.481 e. The molecule has 3 heterocycles. The monoisotopic (exact) mass is 774 g/mol. The summed E-state index contributed by atoms with van der Waals surface area (Å²) in [5, 5.41) is 24.6. The number of carboxylic acid groups (broad SMARTS) is 1. The Bertz CT molecular complexity index is 1950. The summed E-state index contributed by atoms with van der Waals surface area (Å²) in [6.45, 7) is 3.19. The summed E-state index contributed by atoms with van der Waals surface area (Å²) < 4.78 is 13.4. The molecule has 0 aromatic heterocycles. The number of nitrogens with zero attached hydrogens (tertiary/aromatic N) is 2. The highest BCUT2D eigenvalue weighted by Crippen LogP contribution is 2.40. The number of carbonyl (C=O) groups is 3. The zero-order valence-corrected chi connectivity index (χ0v) is 32.5. The second kappa shape index (κ2) is 18.9. The minimum absolute atomic E-state index is 0.0117. The highest BCUT2D eigenvalue weighted by Gasteiger charge is 2.50. The molecule has 3 aliphatic heterocycles. The Hall–Kier alpha value is -5.07. The van der Waals surface area contributed by atoms with Gasteiger partial charge in [0.15, 0.2) is 6.29 Å². The number of carbonyl (C=O) groups excluding carboxylic acids is 2. The molecule has 4 N–H and O–H groups in total. The van der Waals surface area contributed by atoms with E-state index < -0.39 is 17.8 Å². The van der Waals surface area contributed by atoms with Crippen LogP contribution in [0, 0.1) is 0 Å². The van der Waals surface area contributed by atoms with Crippen LogP contribution in [0.25, 0.3) is 11.1 Å². The Labute approximate surface area is 335 Å². The van der Waals surface area contributed by atoms with E-state index in [1.54, 1.807) is 0 Å². The van der Waals surface area contributed by atoms with Crippen molar-refractivity contribution in [3.05, 3.63) is 125 Å². The number of amides is 2. The summed E-state index contributed by atoms with van der Waals surface area (Å²) in [7, 11) is 0. The first-order valence-electron chi connectivity index (χ1n) is 20.3. The molecule has 7 rings (SSSR count). The molecule has 3 saturated heterocycles. The lowest BCUT2D eigenvalue weighted by atomic mass is 9.85. The molecular formula is C46H54N4O7. The first-order chi connectivity index (χ1) is 27.8. The van der Waals surface area contributed by atoms with Gasteiger partial charge >= 0.3 is 5.97 Å². The molecule has 0 saturated carbocycles. The average Bonchev–Trinajstić information content (AvgIpc) is 3.56. The Kier molecular flexibility index (Phi) is 13.3. The topological polar surface area (TPSA) is 141 Å². The molecule has 11 nitrogen and oxygen atoms in total. The molecule has 0 unspecified atom stereocenters. The second-order valence-electron chi connectivity index (χ2n) is 15.5. The minimum atomic E-state index is -0.781. The van der Waals surface area contributed by atoms with Crippen molar-refractivity contribution < 1.29 is 34.1 Å². The highest BCUT2D eigenvalue weighted by atomic mass is 16.7. The Morgan fingerprint density at radius 2 is 1.49 bits per heavy atom. The number of aliphatic hydroxyl groups is 1. The summed E-state index contributed by atoms with van der Waals surface area (Å²) in [5.41, 5.74) is 6.38. The molecular weight excluding hydrogens is 721 g/mol. The number of rotatable bonds is 16. The number of hydrogen-bond acceptors (Lipinski definition) is 8. The molecule has 300 valence electrons. The second-order valence-corrected chi connectivity index (χ2v) is 15.5. The van der Waals surface area contributed by atoms with Crippen molar-refractivity contribution in [2.75, 3.05) is 31.2 Å². The van der Waals surface area contributed by atoms with Gasteiger partial charge in [0.2, 0.25) is 11.8 Å². The van der Waals surface area contributed by atoms with Gasteiger partial charge in [0.25, 0.3) is 0 Å². The predicted molar refractivity (Wildman–Crippen MR) is 218 cm³/mol. The van der Waals surface area contributed by atoms with Gasteiger partial charge in [0.05, 0.1) is 25.5 Å². The van der Waals surface area contributed by atoms with Crippen LogP contribution in [0.3, 0.4) is 0 Å². The molecule has 11 heteroatoms. The van der Waals surface area contributed by atoms with Crippen molar-refractivity contribution in [2.24, 2.45) is 0 Å². The number of benzene rings is 4. The van der Waals surface area contributed by atoms with Crippen molar-refractivity contribution in [3.63, 3.8) is 0 Å². The van der Waals surface area contributed by atoms with E-state index in [0.717, 1.165) is 90.8 Å². The third-order valence-corrected chi connectivity index (χ3v) is 11.7. The number of likely N-dealkylation sites (tertiary alicyclic amines) is 1. The van der Waals surface area contributed by atoms with Gasteiger partial charge in [-0.2, -0.15) is 0 Å². The number of unbranched alkanes of at least 4 members (excludes halogenated alkanes) is 3. The van der Waals surface area contributed by atoms with Crippen LogP contribution >= 0.6 is 0 Å². The summed E-state index contributed by atoms with van der Waals surface area (Å²) in [6, 6.07) is 34.4. The van der Waals surface area contributed by atoms with Gasteiger partial charge in [-0.25, -0.2) is 0 Å². The molecule has 1 spiro atoms. The number of anilines is 1. The lowest BCUT2D eigenvalue weighted by molar-refractivity contribution is -0.253. The lowest BCUT2D eigenvalue weighted by Gasteiger charge is -2.45. The summed E-state index contributed by atoms with van der Waals surface area (Å²) in [4.78, 5) is 41.3. The molecule has 57 heavy (non-hydrogen) atoms. The van der Waals surface area contributed by atoms with Crippen molar-refractivity contribution in [2.45, 2.75) is 95.0 Å². The van der Waals surface area contributed by atoms with Crippen LogP contribution in [0.5, 0.6) is 0 Å². The van der Waals surface area contributed by atoms with E-state index in [0.29, 0.717) is 32.5 Å². The number of para-hydroxylation sites is 1. The van der Waals surface area contributed by atoms with Crippen LogP contribution in [-0.4, -0.2) is 70.8 Å². The zero-order chi connectivity index (χ0) is 39.6. The molecule has 4 aromatic carbocycles. The number of piperidine rings is 1. The van der Waals surface area contributed by atoms with Gasteiger partial charge in [-0.15, -0.1) is 0 Å². The molecule has 0 aliphatic carbocycles. The molecule has 3 atom stereocenters. The van der Waals surface area contributed by atoms with E-state index in [2.05, 4.69) is 62.9 Å². The van der Waals surface area contributed by atoms with Crippen molar-refractivity contribution in [1.29, 1.82) is 0 Å². The predicted octanol–water partition coefficient (Wildman–Crippen LogP) is 6.86. The van der Waals surface area contributed by atoms with Gasteiger partial charge in [-0.1, -0.05) is 104 Å². The fourth-order valence-corrected chi connectivity index (χ4v) is 8.43. The fourth-order valence-electron chi connectivity index (χ4n) is 8.43. The summed E-state index contributed by atoms with van der Waals surface area (Å²) in [5.74, 6) is -0.687. The smallest absolute Gasteiger partial charge is 0.303 e. The van der Waals surface area contributed by atoms with Crippen molar-refractivity contribution in [3.8, 4) is 11.1 Å². The Morgan fingerprint density at radius 3 is 2.21 bits per heavy atom. The van der Waals surface area contributed by atoms with Gasteiger partial charge < -0.3 is 40.1 Å². The van der Waals surface area contributed by atoms with Crippen LogP contribution in [0.4, 0.5) is 5.69 Å². The number of hydrogen-bond donors (Lipinski definition) is 4. The number of nitrogens with one attached hydrogen (secondary N) is 2. The van der Waals surface area contributed by atoms with Crippen LogP contribution < -0.4 is 15.5 Å². The van der Waals surface area contributed by atoms with Gasteiger partial charge in [-0.05, 0) is 65.6 Å². The fraction of sp³-hybridized carbons (Fsp3) is 0.413. The Morgan fingerprint density at radius 1 is 0.807 bits per heavy atom. The van der Waals surface area contributed by atoms with Gasteiger partial charge in [-0.3, -0.25) is 14.4 Å². The molecule has 3 fully saturated rings. The van der Waals surface area contributed by atoms with Crippen LogP contribution in [0.2, 0.25) is 0 Å². The zero-order valence-electron chi connectivity index (χ0n) is 32.5. The average molecular weight is 775 g/mol. The van der Waals surface area contributed by atoms with E-state index in [1.165, 1.54) is 0 Å². The third kappa shape index (κ3) is 9.91. The number of aliphatic carboxylic acids is 1. The van der Waals surface area contributed by atoms with E-state index in [4.69, 9.17) is 14.6 Å². The lowest BCUT2D eigenvalue weighted by Crippen LogP contribution is -2.57. The maximum Gasteiger partial charge on any atom is 0.303 e. The molecule has 0 bridgehead atoms. The maximum atomic E-state index is 13.3. The largest absolute Gasteiger partial charge is 0.481 e. The van der Waals surface area contributed by atoms with E-state index in [-0.39, 0.29) is 37.0 Å². The summed E-state index contributed by atoms with van der Waals surface area (Å²) >= 11 is 0. The van der Waals surface area contributed by atoms with E-state index in [9.17, 15) is 19.5 Å². The molecule has 3 aliphatic rings. The SMILES string of the molecule is O=C(O)CCCCCCC(=O)NCc1ccccc1-c1ccc([C@@H]2O[C@H](CN3CCC4(CC3)C(=O)NCN4c3ccccc3)C[C@H](c3ccc(CO)cc3)O2)cc1. The molecule has 2 amide bonds. The van der Waals surface area contributed by atoms with Crippen LogP contribution in [-0.2, 0) is 37.0 Å². The number of carboxylic acids is 1. The number of ether oxygens (including phenoxy) is 2. The van der Waals surface area contributed by atoms with E-state index in [1.807, 2.05) is 60.7 Å². The van der Waals surface area contributed by atoms with Gasteiger partial charge in [0, 0.05) is 56.7 Å². The molecule has 4 aromatic rings. The third-order valence-electron chi connectivity index (χ3n) is 11.7. The van der Waals surface area contributed by atoms with Crippen LogP contribution in [0.15, 0.2) is 103 Å². The van der Waals surface area contributed by atoms with Crippen molar-refractivity contribution in [1.82, 2.24) is 15.5 Å². The first kappa shape index (κ1) is 40.1. The highest BCUT2D eigenvalue weighted by molar-refractivity contribution is 5.93. The first-order valence-corrected chi connectivity index (χ1v) is 20.3. The normalized spacial score (nSPS) is 20.7. The maximum absolute atomic E-state index is 13.3. The van der Waals surface area contributed by atoms with Crippen LogP contribution in [0.1, 0.15) is 92.4 Å². The Balaban J connectivity index is 1.00. The summed E-state index contributed by atoms with van der Waals surface area (Å²) in [6.07, 6.45) is 4.83. The van der Waals surface area contributed by atoms with Gasteiger partial charge in [0.1, 0.15) is 5.54 Å². The molecule has 0 radical (unpaired) electrons. The standard InChI is InChI=1S/C46H54N4O7/c51-31-33-16-18-35(19-17-33)41-28-39(30-49-26-24-46(25-27-49)45(55)48-32-50(46)38-11-4-3-5-12-38)56-44(57-41)36-22-20-34(21-23-36)40-13-9-8-10-37(40)29-47-42(52)14-6-1-2-7-15-43(53)54/h3-5,8-13,16-23,39,41,44,51H,1-2,6-7,14-15,24-32H2,(H,47,52)(H,48,55)(H,53,54)/t39-,41+,44+/m0/s1. The van der Waals surface area contributed by atoms with Crippen molar-refractivity contribution >= 4 is 23.5 Å².